The maximum Gasteiger partial charge on any atom is 0.221 e. The van der Waals surface area contributed by atoms with Crippen molar-refractivity contribution in [2.24, 2.45) is 5.92 Å². The number of rotatable bonds is 7. The SMILES string of the molecule is CSC(C)CC(=O)NCCC(O)C(C)C. The molecule has 2 atom stereocenters. The molecule has 0 rings (SSSR count). The predicted octanol–water partition coefficient (Wildman–Crippen LogP) is 1.65. The summed E-state index contributed by atoms with van der Waals surface area (Å²) < 4.78 is 0. The summed E-state index contributed by atoms with van der Waals surface area (Å²) in [5.74, 6) is 0.333. The van der Waals surface area contributed by atoms with Crippen molar-refractivity contribution in [2.75, 3.05) is 12.8 Å². The van der Waals surface area contributed by atoms with Crippen LogP contribution in [0.15, 0.2) is 0 Å². The van der Waals surface area contributed by atoms with E-state index in [0.717, 1.165) is 0 Å². The van der Waals surface area contributed by atoms with Gasteiger partial charge in [0.15, 0.2) is 0 Å². The quantitative estimate of drug-likeness (QED) is 0.703. The lowest BCUT2D eigenvalue weighted by molar-refractivity contribution is -0.121. The van der Waals surface area contributed by atoms with Crippen molar-refractivity contribution in [3.8, 4) is 0 Å². The molecule has 0 aromatic carbocycles. The Hall–Kier alpha value is -0.220. The van der Waals surface area contributed by atoms with Crippen LogP contribution in [0.1, 0.15) is 33.6 Å². The Morgan fingerprint density at radius 3 is 2.47 bits per heavy atom. The van der Waals surface area contributed by atoms with E-state index in [-0.39, 0.29) is 17.9 Å². The fraction of sp³-hybridized carbons (Fsp3) is 0.909. The number of carbonyl (C=O) groups is 1. The monoisotopic (exact) mass is 233 g/mol. The van der Waals surface area contributed by atoms with Gasteiger partial charge in [0.05, 0.1) is 6.10 Å². The van der Waals surface area contributed by atoms with Gasteiger partial charge in [0, 0.05) is 18.2 Å². The van der Waals surface area contributed by atoms with Crippen LogP contribution in [0.5, 0.6) is 0 Å². The van der Waals surface area contributed by atoms with Gasteiger partial charge in [-0.05, 0) is 18.6 Å². The number of hydrogen-bond donors (Lipinski definition) is 2. The van der Waals surface area contributed by atoms with Gasteiger partial charge in [0.1, 0.15) is 0 Å². The highest BCUT2D eigenvalue weighted by atomic mass is 32.2. The third-order valence-corrected chi connectivity index (χ3v) is 3.38. The second-order valence-corrected chi connectivity index (χ2v) is 5.48. The Labute approximate surface area is 97.0 Å². The maximum absolute atomic E-state index is 11.4. The molecule has 2 N–H and O–H groups in total. The lowest BCUT2D eigenvalue weighted by Gasteiger charge is -2.15. The zero-order valence-corrected chi connectivity index (χ0v) is 10.9. The van der Waals surface area contributed by atoms with Crippen LogP contribution < -0.4 is 5.32 Å². The number of aliphatic hydroxyl groups excluding tert-OH is 1. The Balaban J connectivity index is 3.55. The predicted molar refractivity (Wildman–Crippen MR) is 66.1 cm³/mol. The first-order valence-electron chi connectivity index (χ1n) is 5.45. The van der Waals surface area contributed by atoms with Crippen LogP contribution in [0.2, 0.25) is 0 Å². The molecular weight excluding hydrogens is 210 g/mol. The summed E-state index contributed by atoms with van der Waals surface area (Å²) in [7, 11) is 0. The van der Waals surface area contributed by atoms with Crippen LogP contribution in [0.4, 0.5) is 0 Å². The molecule has 15 heavy (non-hydrogen) atoms. The average molecular weight is 233 g/mol. The molecule has 0 aliphatic carbocycles. The van der Waals surface area contributed by atoms with E-state index in [2.05, 4.69) is 5.32 Å². The van der Waals surface area contributed by atoms with Gasteiger partial charge >= 0.3 is 0 Å². The van der Waals surface area contributed by atoms with Crippen LogP contribution in [0.3, 0.4) is 0 Å². The molecule has 1 amide bonds. The molecule has 0 saturated carbocycles. The Morgan fingerprint density at radius 1 is 1.40 bits per heavy atom. The standard InChI is InChI=1S/C11H23NO2S/c1-8(2)10(13)5-6-12-11(14)7-9(3)15-4/h8-10,13H,5-7H2,1-4H3,(H,12,14). The van der Waals surface area contributed by atoms with Crippen molar-refractivity contribution in [2.45, 2.75) is 45.0 Å². The normalized spacial score (nSPS) is 15.1. The van der Waals surface area contributed by atoms with Gasteiger partial charge in [-0.15, -0.1) is 0 Å². The molecule has 0 bridgehead atoms. The highest BCUT2D eigenvalue weighted by Gasteiger charge is 2.10. The van der Waals surface area contributed by atoms with Gasteiger partial charge in [-0.1, -0.05) is 20.8 Å². The maximum atomic E-state index is 11.4. The van der Waals surface area contributed by atoms with Gasteiger partial charge in [-0.25, -0.2) is 0 Å². The van der Waals surface area contributed by atoms with E-state index >= 15 is 0 Å². The van der Waals surface area contributed by atoms with Crippen molar-refractivity contribution in [1.82, 2.24) is 5.32 Å². The van der Waals surface area contributed by atoms with E-state index in [0.29, 0.717) is 24.6 Å². The molecule has 0 spiro atoms. The number of thioether (sulfide) groups is 1. The first kappa shape index (κ1) is 14.8. The van der Waals surface area contributed by atoms with Crippen molar-refractivity contribution >= 4 is 17.7 Å². The molecular formula is C11H23NO2S. The molecule has 0 heterocycles. The zero-order chi connectivity index (χ0) is 11.8. The minimum Gasteiger partial charge on any atom is -0.393 e. The molecule has 2 unspecified atom stereocenters. The van der Waals surface area contributed by atoms with Crippen molar-refractivity contribution in [3.63, 3.8) is 0 Å². The summed E-state index contributed by atoms with van der Waals surface area (Å²) in [6.07, 6.45) is 2.87. The lowest BCUT2D eigenvalue weighted by atomic mass is 10.0. The largest absolute Gasteiger partial charge is 0.393 e. The molecule has 0 aromatic heterocycles. The van der Waals surface area contributed by atoms with Gasteiger partial charge in [0.2, 0.25) is 5.91 Å². The summed E-state index contributed by atoms with van der Waals surface area (Å²) in [6.45, 7) is 6.55. The van der Waals surface area contributed by atoms with Gasteiger partial charge in [-0.3, -0.25) is 4.79 Å². The Morgan fingerprint density at radius 2 is 2.00 bits per heavy atom. The number of carbonyl (C=O) groups excluding carboxylic acids is 1. The Kier molecular flexibility index (Phi) is 7.88. The van der Waals surface area contributed by atoms with Crippen LogP contribution in [0, 0.1) is 5.92 Å². The first-order chi connectivity index (χ1) is 6.97. The number of amides is 1. The van der Waals surface area contributed by atoms with Crippen molar-refractivity contribution in [1.29, 1.82) is 0 Å². The van der Waals surface area contributed by atoms with Crippen LogP contribution >= 0.6 is 11.8 Å². The topological polar surface area (TPSA) is 49.3 Å². The number of aliphatic hydroxyl groups is 1. The highest BCUT2D eigenvalue weighted by molar-refractivity contribution is 7.99. The van der Waals surface area contributed by atoms with Crippen molar-refractivity contribution in [3.05, 3.63) is 0 Å². The van der Waals surface area contributed by atoms with E-state index in [4.69, 9.17) is 0 Å². The first-order valence-corrected chi connectivity index (χ1v) is 6.73. The summed E-state index contributed by atoms with van der Waals surface area (Å²) in [6, 6.07) is 0. The fourth-order valence-electron chi connectivity index (χ4n) is 1.11. The summed E-state index contributed by atoms with van der Waals surface area (Å²) in [5.41, 5.74) is 0. The number of hydrogen-bond acceptors (Lipinski definition) is 3. The van der Waals surface area contributed by atoms with E-state index in [1.165, 1.54) is 0 Å². The van der Waals surface area contributed by atoms with Gasteiger partial charge < -0.3 is 10.4 Å². The molecule has 0 aliphatic heterocycles. The molecule has 0 fully saturated rings. The minimum absolute atomic E-state index is 0.0767. The summed E-state index contributed by atoms with van der Waals surface area (Å²) in [4.78, 5) is 11.4. The van der Waals surface area contributed by atoms with Crippen LogP contribution in [-0.4, -0.2) is 35.2 Å². The van der Waals surface area contributed by atoms with E-state index in [1.54, 1.807) is 11.8 Å². The molecule has 0 saturated heterocycles. The molecule has 4 heteroatoms. The highest BCUT2D eigenvalue weighted by Crippen LogP contribution is 2.09. The summed E-state index contributed by atoms with van der Waals surface area (Å²) >= 11 is 1.69. The summed E-state index contributed by atoms with van der Waals surface area (Å²) in [5, 5.41) is 12.7. The van der Waals surface area contributed by atoms with E-state index in [9.17, 15) is 9.90 Å². The zero-order valence-electron chi connectivity index (χ0n) is 10.1. The fourth-order valence-corrected chi connectivity index (χ4v) is 1.43. The number of nitrogens with one attached hydrogen (secondary N) is 1. The van der Waals surface area contributed by atoms with Crippen molar-refractivity contribution < 1.29 is 9.90 Å². The third-order valence-electron chi connectivity index (χ3n) is 2.41. The minimum atomic E-state index is -0.316. The molecule has 0 aliphatic rings. The Bertz CT molecular complexity index is 185. The van der Waals surface area contributed by atoms with Gasteiger partial charge in [-0.2, -0.15) is 11.8 Å². The van der Waals surface area contributed by atoms with E-state index in [1.807, 2.05) is 27.0 Å². The second kappa shape index (κ2) is 7.99. The second-order valence-electron chi connectivity index (χ2n) is 4.20. The van der Waals surface area contributed by atoms with Crippen LogP contribution in [0.25, 0.3) is 0 Å². The average Bonchev–Trinajstić information content (AvgIpc) is 2.17. The molecule has 0 aromatic rings. The van der Waals surface area contributed by atoms with Crippen LogP contribution in [-0.2, 0) is 4.79 Å². The molecule has 0 radical (unpaired) electrons. The third kappa shape index (κ3) is 7.68. The van der Waals surface area contributed by atoms with E-state index < -0.39 is 0 Å². The lowest BCUT2D eigenvalue weighted by Crippen LogP contribution is -2.30. The molecule has 90 valence electrons. The van der Waals surface area contributed by atoms with Gasteiger partial charge in [0.25, 0.3) is 0 Å². The molecule has 3 nitrogen and oxygen atoms in total. The smallest absolute Gasteiger partial charge is 0.221 e.